The van der Waals surface area contributed by atoms with Crippen molar-refractivity contribution in [3.8, 4) is 0 Å². The SMILES string of the molecule is CCCC1/C=C\C(OCC(=O)NCC(C)(C)COCC(C)(C)CC(=O)NCC(=O)NCC(=O)N[C@@H](CCc2ccccc2)C(=O)O)CCCC1. The first-order valence-corrected chi connectivity index (χ1v) is 17.9. The Bertz CT molecular complexity index is 1250. The van der Waals surface area contributed by atoms with Crippen LogP contribution in [0.3, 0.4) is 0 Å². The molecule has 1 aliphatic rings. The van der Waals surface area contributed by atoms with E-state index < -0.39 is 35.8 Å². The highest BCUT2D eigenvalue weighted by atomic mass is 16.5. The van der Waals surface area contributed by atoms with E-state index in [0.29, 0.717) is 25.5 Å². The lowest BCUT2D eigenvalue weighted by Crippen LogP contribution is -2.47. The number of amides is 4. The van der Waals surface area contributed by atoms with Crippen LogP contribution in [0.25, 0.3) is 0 Å². The smallest absolute Gasteiger partial charge is 0.326 e. The lowest BCUT2D eigenvalue weighted by molar-refractivity contribution is -0.142. The Labute approximate surface area is 297 Å². The molecule has 0 bridgehead atoms. The van der Waals surface area contributed by atoms with Crippen molar-refractivity contribution in [2.75, 3.05) is 39.5 Å². The second-order valence-corrected chi connectivity index (χ2v) is 14.9. The number of benzene rings is 1. The van der Waals surface area contributed by atoms with E-state index >= 15 is 0 Å². The van der Waals surface area contributed by atoms with Crippen molar-refractivity contribution in [2.45, 2.75) is 105 Å². The molecule has 4 amide bonds. The molecule has 0 saturated heterocycles. The minimum absolute atomic E-state index is 0.0120. The highest BCUT2D eigenvalue weighted by molar-refractivity contribution is 5.89. The molecule has 280 valence electrons. The van der Waals surface area contributed by atoms with Crippen LogP contribution in [0.15, 0.2) is 42.5 Å². The van der Waals surface area contributed by atoms with Crippen LogP contribution >= 0.6 is 0 Å². The summed E-state index contributed by atoms with van der Waals surface area (Å²) in [4.78, 5) is 61.1. The summed E-state index contributed by atoms with van der Waals surface area (Å²) in [5.41, 5.74) is 0.0784. The van der Waals surface area contributed by atoms with E-state index in [9.17, 15) is 29.1 Å². The van der Waals surface area contributed by atoms with E-state index in [0.717, 1.165) is 24.8 Å². The average Bonchev–Trinajstić information content (AvgIpc) is 3.04. The number of hydrogen-bond acceptors (Lipinski definition) is 7. The van der Waals surface area contributed by atoms with Crippen LogP contribution in [0.1, 0.15) is 91.5 Å². The first-order chi connectivity index (χ1) is 23.7. The van der Waals surface area contributed by atoms with Crippen LogP contribution in [0.4, 0.5) is 0 Å². The number of aliphatic carboxylic acids is 1. The molecule has 1 aromatic rings. The first-order valence-electron chi connectivity index (χ1n) is 17.9. The number of aryl methyl sites for hydroxylation is 1. The second kappa shape index (κ2) is 22.1. The summed E-state index contributed by atoms with van der Waals surface area (Å²) in [6.45, 7) is 10.3. The molecule has 0 aliphatic heterocycles. The van der Waals surface area contributed by atoms with Gasteiger partial charge in [0, 0.05) is 18.4 Å². The summed E-state index contributed by atoms with van der Waals surface area (Å²) in [6, 6.07) is 8.25. The van der Waals surface area contributed by atoms with Gasteiger partial charge in [0.15, 0.2) is 0 Å². The summed E-state index contributed by atoms with van der Waals surface area (Å²) in [6.07, 6.45) is 11.9. The topological polar surface area (TPSA) is 172 Å². The number of carboxylic acids is 1. The fourth-order valence-corrected chi connectivity index (χ4v) is 5.63. The monoisotopic (exact) mass is 700 g/mol. The Hall–Kier alpha value is -3.77. The summed E-state index contributed by atoms with van der Waals surface area (Å²) in [5, 5.41) is 19.8. The number of allylic oxidation sites excluding steroid dienone is 1. The van der Waals surface area contributed by atoms with E-state index in [-0.39, 0.29) is 55.9 Å². The number of carbonyl (C=O) groups is 5. The lowest BCUT2D eigenvalue weighted by atomic mass is 9.89. The zero-order valence-electron chi connectivity index (χ0n) is 30.7. The normalized spacial score (nSPS) is 17.8. The van der Waals surface area contributed by atoms with Gasteiger partial charge in [0.05, 0.1) is 32.4 Å². The van der Waals surface area contributed by atoms with Gasteiger partial charge in [-0.15, -0.1) is 0 Å². The molecular formula is C38H60N4O8. The number of hydrogen-bond donors (Lipinski definition) is 5. The third-order valence-corrected chi connectivity index (χ3v) is 8.48. The Morgan fingerprint density at radius 1 is 0.840 bits per heavy atom. The summed E-state index contributed by atoms with van der Waals surface area (Å²) in [5.74, 6) is -2.29. The largest absolute Gasteiger partial charge is 0.480 e. The molecule has 50 heavy (non-hydrogen) atoms. The fourth-order valence-electron chi connectivity index (χ4n) is 5.63. The summed E-state index contributed by atoms with van der Waals surface area (Å²) < 4.78 is 11.9. The maximum absolute atomic E-state index is 12.6. The highest BCUT2D eigenvalue weighted by Gasteiger charge is 2.26. The van der Waals surface area contributed by atoms with Crippen molar-refractivity contribution in [1.82, 2.24) is 21.3 Å². The minimum Gasteiger partial charge on any atom is -0.480 e. The lowest BCUT2D eigenvalue weighted by Gasteiger charge is -2.29. The van der Waals surface area contributed by atoms with Crippen molar-refractivity contribution < 1.29 is 38.6 Å². The molecule has 12 heteroatoms. The molecule has 12 nitrogen and oxygen atoms in total. The van der Waals surface area contributed by atoms with Gasteiger partial charge in [0.25, 0.3) is 0 Å². The second-order valence-electron chi connectivity index (χ2n) is 14.9. The van der Waals surface area contributed by atoms with E-state index in [2.05, 4.69) is 40.3 Å². The number of rotatable bonds is 22. The summed E-state index contributed by atoms with van der Waals surface area (Å²) in [7, 11) is 0. The van der Waals surface area contributed by atoms with Gasteiger partial charge in [0.2, 0.25) is 23.6 Å². The van der Waals surface area contributed by atoms with Crippen molar-refractivity contribution in [3.05, 3.63) is 48.0 Å². The van der Waals surface area contributed by atoms with Crippen molar-refractivity contribution in [3.63, 3.8) is 0 Å². The maximum Gasteiger partial charge on any atom is 0.326 e. The summed E-state index contributed by atoms with van der Waals surface area (Å²) >= 11 is 0. The Morgan fingerprint density at radius 3 is 2.20 bits per heavy atom. The van der Waals surface area contributed by atoms with Gasteiger partial charge in [-0.25, -0.2) is 4.79 Å². The number of ether oxygens (including phenoxy) is 2. The standard InChI is InChI=1S/C38H60N4O8/c1-6-12-28-15-10-11-16-30(19-17-28)50-24-35(46)41-25-38(4,5)27-49-26-37(2,3)21-32(43)39-22-33(44)40-23-34(45)42-31(36(47)48)20-18-29-13-8-7-9-14-29/h7-9,13-14,17,19,28,30-31H,6,10-12,15-16,18,20-27H2,1-5H3,(H,39,43)(H,40,44)(H,41,46)(H,42,45)(H,47,48)/b19-17-/t28?,30?,31-/m0/s1. The number of carboxylic acid groups (broad SMARTS) is 1. The first kappa shape index (κ1) is 42.4. The van der Waals surface area contributed by atoms with Crippen LogP contribution in [-0.2, 0) is 39.9 Å². The molecule has 1 aliphatic carbocycles. The van der Waals surface area contributed by atoms with Crippen LogP contribution in [-0.4, -0.2) is 86.3 Å². The van der Waals surface area contributed by atoms with Crippen LogP contribution in [0, 0.1) is 16.7 Å². The molecule has 0 spiro atoms. The van der Waals surface area contributed by atoms with Gasteiger partial charge in [-0.1, -0.05) is 96.4 Å². The van der Waals surface area contributed by atoms with Crippen molar-refractivity contribution in [2.24, 2.45) is 16.7 Å². The van der Waals surface area contributed by atoms with Crippen LogP contribution < -0.4 is 21.3 Å². The number of nitrogens with one attached hydrogen (secondary N) is 4. The van der Waals surface area contributed by atoms with Gasteiger partial charge >= 0.3 is 5.97 Å². The Balaban J connectivity index is 1.62. The van der Waals surface area contributed by atoms with Gasteiger partial charge in [-0.3, -0.25) is 19.2 Å². The molecule has 2 unspecified atom stereocenters. The predicted molar refractivity (Wildman–Crippen MR) is 192 cm³/mol. The van der Waals surface area contributed by atoms with E-state index in [1.54, 1.807) is 0 Å². The quantitative estimate of drug-likeness (QED) is 0.113. The van der Waals surface area contributed by atoms with Gasteiger partial charge in [-0.2, -0.15) is 0 Å². The third-order valence-electron chi connectivity index (χ3n) is 8.48. The molecule has 2 rings (SSSR count). The molecule has 0 fully saturated rings. The zero-order chi connectivity index (χ0) is 37.0. The van der Waals surface area contributed by atoms with Gasteiger partial charge in [0.1, 0.15) is 12.6 Å². The predicted octanol–water partition coefficient (Wildman–Crippen LogP) is 3.93. The zero-order valence-corrected chi connectivity index (χ0v) is 30.7. The molecule has 3 atom stereocenters. The Morgan fingerprint density at radius 2 is 1.50 bits per heavy atom. The molecule has 0 heterocycles. The maximum atomic E-state index is 12.6. The minimum atomic E-state index is -1.16. The van der Waals surface area contributed by atoms with Gasteiger partial charge in [-0.05, 0) is 49.0 Å². The average molecular weight is 701 g/mol. The number of carbonyl (C=O) groups excluding carboxylic acids is 4. The van der Waals surface area contributed by atoms with Gasteiger partial charge < -0.3 is 35.8 Å². The van der Waals surface area contributed by atoms with E-state index in [1.807, 2.05) is 58.0 Å². The van der Waals surface area contributed by atoms with E-state index in [4.69, 9.17) is 9.47 Å². The molecule has 0 saturated carbocycles. The van der Waals surface area contributed by atoms with Crippen LogP contribution in [0.2, 0.25) is 0 Å². The Kier molecular flexibility index (Phi) is 18.8. The third kappa shape index (κ3) is 18.8. The molecule has 5 N–H and O–H groups in total. The van der Waals surface area contributed by atoms with E-state index in [1.165, 1.54) is 19.3 Å². The molecular weight excluding hydrogens is 640 g/mol. The highest BCUT2D eigenvalue weighted by Crippen LogP contribution is 2.24. The fraction of sp³-hybridized carbons (Fsp3) is 0.658. The van der Waals surface area contributed by atoms with Crippen molar-refractivity contribution >= 4 is 29.6 Å². The molecule has 1 aromatic carbocycles. The molecule has 0 radical (unpaired) electrons. The van der Waals surface area contributed by atoms with Crippen molar-refractivity contribution in [1.29, 1.82) is 0 Å². The van der Waals surface area contributed by atoms with Crippen LogP contribution in [0.5, 0.6) is 0 Å². The molecule has 0 aromatic heterocycles.